The molecule has 2 aromatic rings. The minimum absolute atomic E-state index is 0.0159. The zero-order chi connectivity index (χ0) is 22.3. The summed E-state index contributed by atoms with van der Waals surface area (Å²) in [6, 6.07) is 12.1. The number of Topliss-reactive ketones (excluding diaryl/α,β-unsaturated/α-hetero) is 1. The number of nitrogens with one attached hydrogen (secondary N) is 2. The van der Waals surface area contributed by atoms with Gasteiger partial charge < -0.3 is 15.4 Å². The molecule has 0 aliphatic heterocycles. The lowest BCUT2D eigenvalue weighted by molar-refractivity contribution is -0.153. The fourth-order valence-electron chi connectivity index (χ4n) is 2.78. The molecule has 7 nitrogen and oxygen atoms in total. The van der Waals surface area contributed by atoms with Crippen molar-refractivity contribution in [3.05, 3.63) is 59.2 Å². The van der Waals surface area contributed by atoms with E-state index in [4.69, 9.17) is 4.74 Å². The van der Waals surface area contributed by atoms with Crippen LogP contribution in [0.5, 0.6) is 0 Å². The molecule has 0 unspecified atom stereocenters. The summed E-state index contributed by atoms with van der Waals surface area (Å²) >= 11 is 0. The van der Waals surface area contributed by atoms with Gasteiger partial charge in [-0.15, -0.1) is 0 Å². The lowest BCUT2D eigenvalue weighted by atomic mass is 9.99. The van der Waals surface area contributed by atoms with E-state index in [0.29, 0.717) is 16.9 Å². The maximum Gasteiger partial charge on any atom is 0.307 e. The second-order valence-electron chi connectivity index (χ2n) is 7.12. The van der Waals surface area contributed by atoms with Crippen molar-refractivity contribution in [3.8, 4) is 0 Å². The molecule has 2 aromatic carbocycles. The molecule has 0 aromatic heterocycles. The zero-order valence-electron chi connectivity index (χ0n) is 17.6. The molecule has 2 N–H and O–H groups in total. The summed E-state index contributed by atoms with van der Waals surface area (Å²) in [6.07, 6.45) is -1.10. The number of aryl methyl sites for hydroxylation is 2. The number of benzene rings is 2. The van der Waals surface area contributed by atoms with Crippen LogP contribution in [0.1, 0.15) is 48.2 Å². The summed E-state index contributed by atoms with van der Waals surface area (Å²) in [4.78, 5) is 47.7. The maximum absolute atomic E-state index is 12.4. The summed E-state index contributed by atoms with van der Waals surface area (Å²) in [5, 5.41) is 5.26. The Morgan fingerprint density at radius 1 is 0.900 bits per heavy atom. The molecule has 0 heterocycles. The van der Waals surface area contributed by atoms with Crippen molar-refractivity contribution in [1.82, 2.24) is 0 Å². The third-order valence-corrected chi connectivity index (χ3v) is 4.40. The van der Waals surface area contributed by atoms with Crippen LogP contribution >= 0.6 is 0 Å². The van der Waals surface area contributed by atoms with Gasteiger partial charge in [0.05, 0.1) is 6.42 Å². The highest BCUT2D eigenvalue weighted by Gasteiger charge is 2.19. The quantitative estimate of drug-likeness (QED) is 0.509. The predicted octanol–water partition coefficient (Wildman–Crippen LogP) is 3.80. The standard InChI is InChI=1S/C23H26N2O5/c1-14-5-6-15(2)20(13-14)21(27)11-12-22(28)30-16(3)23(29)25-19-9-7-18(8-10-19)24-17(4)26/h5-10,13,16H,11-12H2,1-4H3,(H,24,26)(H,25,29)/t16-/m0/s1. The van der Waals surface area contributed by atoms with Crippen molar-refractivity contribution in [2.24, 2.45) is 0 Å². The SMILES string of the molecule is CC(=O)Nc1ccc(NC(=O)[C@H](C)OC(=O)CCC(=O)c2cc(C)ccc2C)cc1. The van der Waals surface area contributed by atoms with Gasteiger partial charge in [-0.2, -0.15) is 0 Å². The van der Waals surface area contributed by atoms with Gasteiger partial charge in [0.1, 0.15) is 0 Å². The molecule has 158 valence electrons. The number of ether oxygens (including phenoxy) is 1. The molecule has 0 aliphatic rings. The van der Waals surface area contributed by atoms with E-state index in [1.165, 1.54) is 13.8 Å². The third kappa shape index (κ3) is 6.84. The number of hydrogen-bond acceptors (Lipinski definition) is 5. The number of carbonyl (C=O) groups excluding carboxylic acids is 4. The fourth-order valence-corrected chi connectivity index (χ4v) is 2.78. The van der Waals surface area contributed by atoms with Crippen LogP contribution in [0.2, 0.25) is 0 Å². The van der Waals surface area contributed by atoms with Crippen LogP contribution in [0, 0.1) is 13.8 Å². The van der Waals surface area contributed by atoms with Gasteiger partial charge >= 0.3 is 5.97 Å². The normalized spacial score (nSPS) is 11.3. The summed E-state index contributed by atoms with van der Waals surface area (Å²) in [6.45, 7) is 6.62. The van der Waals surface area contributed by atoms with Crippen LogP contribution in [0.3, 0.4) is 0 Å². The smallest absolute Gasteiger partial charge is 0.307 e. The van der Waals surface area contributed by atoms with Gasteiger partial charge in [0.15, 0.2) is 11.9 Å². The number of anilines is 2. The molecule has 2 rings (SSSR count). The van der Waals surface area contributed by atoms with Crippen molar-refractivity contribution in [3.63, 3.8) is 0 Å². The first-order chi connectivity index (χ1) is 14.2. The fraction of sp³-hybridized carbons (Fsp3) is 0.304. The van der Waals surface area contributed by atoms with E-state index in [9.17, 15) is 19.2 Å². The summed E-state index contributed by atoms with van der Waals surface area (Å²) in [5.41, 5.74) is 3.53. The average molecular weight is 410 g/mol. The van der Waals surface area contributed by atoms with E-state index in [1.54, 1.807) is 30.3 Å². The Kier molecular flexibility index (Phi) is 7.86. The molecule has 0 radical (unpaired) electrons. The minimum atomic E-state index is -1.01. The Morgan fingerprint density at radius 2 is 1.50 bits per heavy atom. The van der Waals surface area contributed by atoms with E-state index in [1.807, 2.05) is 26.0 Å². The third-order valence-electron chi connectivity index (χ3n) is 4.40. The van der Waals surface area contributed by atoms with Crippen LogP contribution in [0.25, 0.3) is 0 Å². The second kappa shape index (κ2) is 10.3. The molecule has 0 aliphatic carbocycles. The molecule has 7 heteroatoms. The number of esters is 1. The molecular weight excluding hydrogens is 384 g/mol. The Labute approximate surface area is 175 Å². The molecule has 1 atom stereocenters. The van der Waals surface area contributed by atoms with Crippen LogP contribution < -0.4 is 10.6 Å². The van der Waals surface area contributed by atoms with E-state index in [-0.39, 0.29) is 24.5 Å². The number of ketones is 1. The van der Waals surface area contributed by atoms with E-state index in [0.717, 1.165) is 11.1 Å². The lowest BCUT2D eigenvalue weighted by Gasteiger charge is -2.14. The topological polar surface area (TPSA) is 102 Å². The summed E-state index contributed by atoms with van der Waals surface area (Å²) in [7, 11) is 0. The van der Waals surface area contributed by atoms with Gasteiger partial charge in [-0.1, -0.05) is 17.7 Å². The van der Waals surface area contributed by atoms with E-state index >= 15 is 0 Å². The first-order valence-electron chi connectivity index (χ1n) is 9.64. The molecule has 2 amide bonds. The number of amides is 2. The van der Waals surface area contributed by atoms with E-state index in [2.05, 4.69) is 10.6 Å². The van der Waals surface area contributed by atoms with Crippen LogP contribution in [-0.4, -0.2) is 29.7 Å². The molecule has 30 heavy (non-hydrogen) atoms. The Hall–Kier alpha value is -3.48. The first kappa shape index (κ1) is 22.8. The Bertz CT molecular complexity index is 951. The van der Waals surface area contributed by atoms with Gasteiger partial charge in [-0.3, -0.25) is 19.2 Å². The molecule has 0 saturated heterocycles. The predicted molar refractivity (Wildman–Crippen MR) is 114 cm³/mol. The van der Waals surface area contributed by atoms with Crippen LogP contribution in [0.4, 0.5) is 11.4 Å². The molecule has 0 saturated carbocycles. The summed E-state index contributed by atoms with van der Waals surface area (Å²) < 4.78 is 5.14. The highest BCUT2D eigenvalue weighted by molar-refractivity contribution is 5.99. The van der Waals surface area contributed by atoms with E-state index < -0.39 is 18.0 Å². The average Bonchev–Trinajstić information content (AvgIpc) is 2.69. The monoisotopic (exact) mass is 410 g/mol. The van der Waals surface area contributed by atoms with Crippen molar-refractivity contribution >= 4 is 34.9 Å². The van der Waals surface area contributed by atoms with Crippen molar-refractivity contribution < 1.29 is 23.9 Å². The highest BCUT2D eigenvalue weighted by Crippen LogP contribution is 2.16. The minimum Gasteiger partial charge on any atom is -0.453 e. The molecular formula is C23H26N2O5. The zero-order valence-corrected chi connectivity index (χ0v) is 17.6. The van der Waals surface area contributed by atoms with Crippen LogP contribution in [0.15, 0.2) is 42.5 Å². The van der Waals surface area contributed by atoms with Gasteiger partial charge in [0, 0.05) is 30.3 Å². The number of carbonyl (C=O) groups is 4. The van der Waals surface area contributed by atoms with Gasteiger partial charge in [0.2, 0.25) is 5.91 Å². The number of rotatable bonds is 8. The number of hydrogen-bond donors (Lipinski definition) is 2. The highest BCUT2D eigenvalue weighted by atomic mass is 16.5. The van der Waals surface area contributed by atoms with Gasteiger partial charge in [-0.25, -0.2) is 0 Å². The van der Waals surface area contributed by atoms with Gasteiger partial charge in [-0.05, 0) is 56.7 Å². The van der Waals surface area contributed by atoms with Crippen molar-refractivity contribution in [1.29, 1.82) is 0 Å². The molecule has 0 fully saturated rings. The van der Waals surface area contributed by atoms with Crippen molar-refractivity contribution in [2.75, 3.05) is 10.6 Å². The Balaban J connectivity index is 1.83. The molecule has 0 bridgehead atoms. The lowest BCUT2D eigenvalue weighted by Crippen LogP contribution is -2.30. The molecule has 0 spiro atoms. The second-order valence-corrected chi connectivity index (χ2v) is 7.12. The van der Waals surface area contributed by atoms with Gasteiger partial charge in [0.25, 0.3) is 5.91 Å². The first-order valence-corrected chi connectivity index (χ1v) is 9.64. The largest absolute Gasteiger partial charge is 0.453 e. The van der Waals surface area contributed by atoms with Crippen molar-refractivity contribution in [2.45, 2.75) is 46.6 Å². The maximum atomic E-state index is 12.4. The Morgan fingerprint density at radius 3 is 2.10 bits per heavy atom. The summed E-state index contributed by atoms with van der Waals surface area (Å²) in [5.74, 6) is -1.43. The van der Waals surface area contributed by atoms with Crippen LogP contribution in [-0.2, 0) is 19.1 Å².